The predicted molar refractivity (Wildman–Crippen MR) is 48.6 cm³/mol. The minimum absolute atomic E-state index is 0.277. The summed E-state index contributed by atoms with van der Waals surface area (Å²) in [7, 11) is 1.16. The zero-order valence-electron chi connectivity index (χ0n) is 8.30. The molecule has 1 aromatic carbocycles. The molecule has 0 fully saturated rings. The highest BCUT2D eigenvalue weighted by atomic mass is 19.4. The van der Waals surface area contributed by atoms with Crippen LogP contribution in [0.15, 0.2) is 18.2 Å². The van der Waals surface area contributed by atoms with Crippen LogP contribution >= 0.6 is 0 Å². The van der Waals surface area contributed by atoms with Gasteiger partial charge >= 0.3 is 6.18 Å². The smallest absolute Gasteiger partial charge is 0.419 e. The van der Waals surface area contributed by atoms with Gasteiger partial charge in [-0.1, -0.05) is 6.07 Å². The molecule has 2 nitrogen and oxygen atoms in total. The van der Waals surface area contributed by atoms with E-state index in [0.717, 1.165) is 13.2 Å². The Hall–Kier alpha value is -1.23. The molecular weight excluding hydrogens is 209 g/mol. The molecule has 1 atom stereocenters. The molecule has 0 aliphatic heterocycles. The van der Waals surface area contributed by atoms with E-state index in [-0.39, 0.29) is 5.75 Å². The Kier molecular flexibility index (Phi) is 3.24. The minimum Gasteiger partial charge on any atom is -0.496 e. The van der Waals surface area contributed by atoms with E-state index in [0.29, 0.717) is 5.56 Å². The Morgan fingerprint density at radius 1 is 1.33 bits per heavy atom. The first-order valence-corrected chi connectivity index (χ1v) is 4.29. The SMILES string of the molecule is COc1cc([C@@H](C)O)ccc1C(F)(F)F. The summed E-state index contributed by atoms with van der Waals surface area (Å²) >= 11 is 0. The van der Waals surface area contributed by atoms with Crippen LogP contribution in [0.4, 0.5) is 13.2 Å². The third-order valence-electron chi connectivity index (χ3n) is 2.01. The highest BCUT2D eigenvalue weighted by molar-refractivity contribution is 5.40. The number of aliphatic hydroxyl groups excluding tert-OH is 1. The number of rotatable bonds is 2. The number of hydrogen-bond acceptors (Lipinski definition) is 2. The van der Waals surface area contributed by atoms with Crippen molar-refractivity contribution in [2.75, 3.05) is 7.11 Å². The fraction of sp³-hybridized carbons (Fsp3) is 0.400. The Morgan fingerprint density at radius 3 is 2.33 bits per heavy atom. The zero-order valence-corrected chi connectivity index (χ0v) is 8.30. The van der Waals surface area contributed by atoms with Crippen LogP contribution in [0.5, 0.6) is 5.75 Å². The second kappa shape index (κ2) is 4.10. The second-order valence-electron chi connectivity index (χ2n) is 3.13. The summed E-state index contributed by atoms with van der Waals surface area (Å²) in [4.78, 5) is 0. The zero-order chi connectivity index (χ0) is 11.6. The lowest BCUT2D eigenvalue weighted by atomic mass is 10.1. The number of aliphatic hydroxyl groups is 1. The average Bonchev–Trinajstić information content (AvgIpc) is 2.15. The van der Waals surface area contributed by atoms with E-state index >= 15 is 0 Å². The Bertz CT molecular complexity index is 345. The van der Waals surface area contributed by atoms with Crippen LogP contribution < -0.4 is 4.74 Å². The maximum atomic E-state index is 12.4. The van der Waals surface area contributed by atoms with Crippen LogP contribution in [0.2, 0.25) is 0 Å². The van der Waals surface area contributed by atoms with E-state index in [1.165, 1.54) is 19.1 Å². The number of ether oxygens (including phenoxy) is 1. The number of hydrogen-bond donors (Lipinski definition) is 1. The van der Waals surface area contributed by atoms with Crippen molar-refractivity contribution in [1.82, 2.24) is 0 Å². The molecule has 1 aromatic rings. The molecule has 84 valence electrons. The molecule has 0 amide bonds. The van der Waals surface area contributed by atoms with Crippen molar-refractivity contribution in [3.63, 3.8) is 0 Å². The number of halogens is 3. The number of methoxy groups -OCH3 is 1. The van der Waals surface area contributed by atoms with Gasteiger partial charge in [-0.25, -0.2) is 0 Å². The van der Waals surface area contributed by atoms with E-state index < -0.39 is 17.8 Å². The lowest BCUT2D eigenvalue weighted by Crippen LogP contribution is -2.08. The van der Waals surface area contributed by atoms with E-state index in [4.69, 9.17) is 0 Å². The molecule has 0 aromatic heterocycles. The van der Waals surface area contributed by atoms with E-state index in [1.807, 2.05) is 0 Å². The monoisotopic (exact) mass is 220 g/mol. The highest BCUT2D eigenvalue weighted by Crippen LogP contribution is 2.37. The molecule has 0 unspecified atom stereocenters. The summed E-state index contributed by atoms with van der Waals surface area (Å²) in [6.07, 6.45) is -5.26. The van der Waals surface area contributed by atoms with Crippen LogP contribution in [0.1, 0.15) is 24.2 Å². The van der Waals surface area contributed by atoms with Crippen molar-refractivity contribution in [1.29, 1.82) is 0 Å². The van der Waals surface area contributed by atoms with Crippen LogP contribution in [0, 0.1) is 0 Å². The fourth-order valence-electron chi connectivity index (χ4n) is 1.20. The van der Waals surface area contributed by atoms with Gasteiger partial charge in [-0.3, -0.25) is 0 Å². The average molecular weight is 220 g/mol. The molecule has 1 rings (SSSR count). The van der Waals surface area contributed by atoms with Gasteiger partial charge in [0.15, 0.2) is 0 Å². The largest absolute Gasteiger partial charge is 0.496 e. The van der Waals surface area contributed by atoms with Crippen molar-refractivity contribution in [2.24, 2.45) is 0 Å². The fourth-order valence-corrected chi connectivity index (χ4v) is 1.20. The van der Waals surface area contributed by atoms with Crippen molar-refractivity contribution in [2.45, 2.75) is 19.2 Å². The summed E-state index contributed by atoms with van der Waals surface area (Å²) in [5.74, 6) is -0.277. The molecule has 0 bridgehead atoms. The first kappa shape index (κ1) is 11.8. The summed E-state index contributed by atoms with van der Waals surface area (Å²) in [5, 5.41) is 9.20. The Morgan fingerprint density at radius 2 is 1.93 bits per heavy atom. The molecule has 0 saturated heterocycles. The van der Waals surface area contributed by atoms with Gasteiger partial charge in [0.05, 0.1) is 18.8 Å². The molecule has 5 heteroatoms. The maximum absolute atomic E-state index is 12.4. The summed E-state index contributed by atoms with van der Waals surface area (Å²) in [6, 6.07) is 3.32. The molecule has 0 aliphatic rings. The molecular formula is C10H11F3O2. The topological polar surface area (TPSA) is 29.5 Å². The van der Waals surface area contributed by atoms with Gasteiger partial charge in [0, 0.05) is 0 Å². The molecule has 0 spiro atoms. The van der Waals surface area contributed by atoms with Crippen LogP contribution in [0.25, 0.3) is 0 Å². The normalized spacial score (nSPS) is 13.7. The number of alkyl halides is 3. The summed E-state index contributed by atoms with van der Waals surface area (Å²) in [5.41, 5.74) is -0.450. The first-order chi connectivity index (χ1) is 6.86. The van der Waals surface area contributed by atoms with E-state index in [2.05, 4.69) is 4.74 Å². The molecule has 0 saturated carbocycles. The third-order valence-corrected chi connectivity index (χ3v) is 2.01. The second-order valence-corrected chi connectivity index (χ2v) is 3.13. The molecule has 0 radical (unpaired) electrons. The molecule has 15 heavy (non-hydrogen) atoms. The predicted octanol–water partition coefficient (Wildman–Crippen LogP) is 2.77. The maximum Gasteiger partial charge on any atom is 0.419 e. The lowest BCUT2D eigenvalue weighted by Gasteiger charge is -2.14. The van der Waals surface area contributed by atoms with Gasteiger partial charge in [-0.05, 0) is 24.6 Å². The van der Waals surface area contributed by atoms with E-state index in [1.54, 1.807) is 0 Å². The van der Waals surface area contributed by atoms with Crippen LogP contribution in [-0.4, -0.2) is 12.2 Å². The summed E-state index contributed by atoms with van der Waals surface area (Å²) < 4.78 is 41.9. The van der Waals surface area contributed by atoms with Crippen molar-refractivity contribution in [3.05, 3.63) is 29.3 Å². The quantitative estimate of drug-likeness (QED) is 0.830. The van der Waals surface area contributed by atoms with Crippen LogP contribution in [0.3, 0.4) is 0 Å². The number of benzene rings is 1. The van der Waals surface area contributed by atoms with Gasteiger partial charge in [-0.2, -0.15) is 13.2 Å². The van der Waals surface area contributed by atoms with E-state index in [9.17, 15) is 18.3 Å². The van der Waals surface area contributed by atoms with Gasteiger partial charge in [0.25, 0.3) is 0 Å². The van der Waals surface area contributed by atoms with Gasteiger partial charge in [0.1, 0.15) is 5.75 Å². The van der Waals surface area contributed by atoms with Crippen LogP contribution in [-0.2, 0) is 6.18 Å². The first-order valence-electron chi connectivity index (χ1n) is 4.29. The Labute approximate surface area is 85.3 Å². The summed E-state index contributed by atoms with van der Waals surface area (Å²) in [6.45, 7) is 1.47. The molecule has 0 heterocycles. The van der Waals surface area contributed by atoms with Crippen molar-refractivity contribution >= 4 is 0 Å². The molecule has 1 N–H and O–H groups in total. The minimum atomic E-state index is -4.44. The van der Waals surface area contributed by atoms with Gasteiger partial charge in [0.2, 0.25) is 0 Å². The third kappa shape index (κ3) is 2.62. The van der Waals surface area contributed by atoms with Gasteiger partial charge in [-0.15, -0.1) is 0 Å². The Balaban J connectivity index is 3.21. The highest BCUT2D eigenvalue weighted by Gasteiger charge is 2.34. The van der Waals surface area contributed by atoms with Gasteiger partial charge < -0.3 is 9.84 Å². The van der Waals surface area contributed by atoms with Crippen molar-refractivity contribution in [3.8, 4) is 5.75 Å². The van der Waals surface area contributed by atoms with Crippen molar-refractivity contribution < 1.29 is 23.0 Å². The molecule has 0 aliphatic carbocycles. The lowest BCUT2D eigenvalue weighted by molar-refractivity contribution is -0.138. The standard InChI is InChI=1S/C10H11F3O2/c1-6(14)7-3-4-8(10(11,12)13)9(5-7)15-2/h3-6,14H,1-2H3/t6-/m1/s1.